The van der Waals surface area contributed by atoms with Gasteiger partial charge in [0, 0.05) is 27.6 Å². The third-order valence-electron chi connectivity index (χ3n) is 6.04. The molecule has 3 heterocycles. The first-order chi connectivity index (χ1) is 17.2. The summed E-state index contributed by atoms with van der Waals surface area (Å²) in [5.74, 6) is -0.682. The van der Waals surface area contributed by atoms with Crippen LogP contribution < -0.4 is 10.6 Å². The molecule has 0 unspecified atom stereocenters. The predicted molar refractivity (Wildman–Crippen MR) is 133 cm³/mol. The highest BCUT2D eigenvalue weighted by Gasteiger charge is 2.47. The number of benzene rings is 2. The number of carbonyl (C=O) groups is 1. The van der Waals surface area contributed by atoms with Gasteiger partial charge in [-0.2, -0.15) is 18.3 Å². The Hall–Kier alpha value is -3.34. The third kappa shape index (κ3) is 4.71. The second kappa shape index (κ2) is 9.61. The van der Waals surface area contributed by atoms with Crippen LogP contribution in [-0.4, -0.2) is 27.0 Å². The number of rotatable bonds is 5. The molecule has 1 aliphatic rings. The van der Waals surface area contributed by atoms with Crippen molar-refractivity contribution in [3.8, 4) is 0 Å². The van der Waals surface area contributed by atoms with Crippen molar-refractivity contribution in [2.75, 3.05) is 10.6 Å². The molecule has 0 radical (unpaired) electrons. The Morgan fingerprint density at radius 1 is 1.19 bits per heavy atom. The van der Waals surface area contributed by atoms with E-state index in [1.165, 1.54) is 23.5 Å². The van der Waals surface area contributed by atoms with Crippen LogP contribution in [0.5, 0.6) is 0 Å². The fourth-order valence-corrected chi connectivity index (χ4v) is 5.25. The van der Waals surface area contributed by atoms with E-state index < -0.39 is 30.3 Å². The Morgan fingerprint density at radius 2 is 1.97 bits per heavy atom. The van der Waals surface area contributed by atoms with Crippen LogP contribution >= 0.6 is 22.9 Å². The average molecular weight is 533 g/mol. The highest BCUT2D eigenvalue weighted by molar-refractivity contribution is 7.10. The molecule has 2 aromatic carbocycles. The largest absolute Gasteiger partial charge is 0.410 e. The Morgan fingerprint density at radius 3 is 2.67 bits per heavy atom. The van der Waals surface area contributed by atoms with Crippen molar-refractivity contribution in [1.29, 1.82) is 0 Å². The van der Waals surface area contributed by atoms with E-state index in [4.69, 9.17) is 11.6 Å². The van der Waals surface area contributed by atoms with E-state index in [9.17, 15) is 23.1 Å². The summed E-state index contributed by atoms with van der Waals surface area (Å²) in [4.78, 5) is 14.0. The number of aliphatic hydroxyl groups is 1. The maximum absolute atomic E-state index is 13.9. The molecule has 2 aromatic heterocycles. The number of nitrogens with zero attached hydrogens (tertiary/aromatic N) is 2. The summed E-state index contributed by atoms with van der Waals surface area (Å²) in [7, 11) is 0. The molecule has 0 saturated heterocycles. The summed E-state index contributed by atoms with van der Waals surface area (Å²) in [5, 5.41) is 22.8. The highest BCUT2D eigenvalue weighted by Crippen LogP contribution is 2.45. The number of amides is 1. The van der Waals surface area contributed by atoms with Gasteiger partial charge in [0.25, 0.3) is 5.91 Å². The quantitative estimate of drug-likeness (QED) is 0.271. The van der Waals surface area contributed by atoms with Crippen LogP contribution in [0.2, 0.25) is 5.02 Å². The van der Waals surface area contributed by atoms with Crippen LogP contribution in [0.1, 0.15) is 51.0 Å². The maximum atomic E-state index is 13.9. The average Bonchev–Trinajstić information content (AvgIpc) is 3.54. The number of aliphatic hydroxyl groups excluding tert-OH is 1. The van der Waals surface area contributed by atoms with Gasteiger partial charge in [0.05, 0.1) is 12.2 Å². The van der Waals surface area contributed by atoms with Crippen molar-refractivity contribution >= 4 is 40.4 Å². The lowest BCUT2D eigenvalue weighted by atomic mass is 9.99. The monoisotopic (exact) mass is 532 g/mol. The van der Waals surface area contributed by atoms with Crippen LogP contribution in [0.3, 0.4) is 0 Å². The van der Waals surface area contributed by atoms with Crippen molar-refractivity contribution in [3.63, 3.8) is 0 Å². The Labute approximate surface area is 213 Å². The van der Waals surface area contributed by atoms with Gasteiger partial charge in [0.15, 0.2) is 6.04 Å². The molecule has 0 fully saturated rings. The third-order valence-corrected chi connectivity index (χ3v) is 7.26. The Kier molecular flexibility index (Phi) is 6.50. The van der Waals surface area contributed by atoms with Crippen molar-refractivity contribution in [3.05, 3.63) is 98.8 Å². The van der Waals surface area contributed by atoms with E-state index in [0.29, 0.717) is 16.1 Å². The summed E-state index contributed by atoms with van der Waals surface area (Å²) in [6, 6.07) is 14.5. The van der Waals surface area contributed by atoms with Crippen molar-refractivity contribution < 1.29 is 23.1 Å². The number of nitrogens with one attached hydrogen (secondary N) is 2. The van der Waals surface area contributed by atoms with Gasteiger partial charge < -0.3 is 15.7 Å². The lowest BCUT2D eigenvalue weighted by molar-refractivity contribution is -0.173. The van der Waals surface area contributed by atoms with Crippen LogP contribution in [0.4, 0.5) is 24.7 Å². The summed E-state index contributed by atoms with van der Waals surface area (Å²) >= 11 is 7.49. The second-order valence-corrected chi connectivity index (χ2v) is 9.77. The molecule has 3 atom stereocenters. The minimum absolute atomic E-state index is 0.0152. The number of halogens is 4. The van der Waals surface area contributed by atoms with Crippen molar-refractivity contribution in [2.45, 2.75) is 30.8 Å². The van der Waals surface area contributed by atoms with Crippen molar-refractivity contribution in [1.82, 2.24) is 9.78 Å². The Balaban J connectivity index is 1.48. The fourth-order valence-electron chi connectivity index (χ4n) is 4.28. The molecular weight excluding hydrogens is 513 g/mol. The van der Waals surface area contributed by atoms with Gasteiger partial charge in [-0.15, -0.1) is 11.3 Å². The van der Waals surface area contributed by atoms with Crippen LogP contribution in [0.25, 0.3) is 0 Å². The normalized spacial score (nSPS) is 18.2. The lowest BCUT2D eigenvalue weighted by Gasteiger charge is -2.33. The van der Waals surface area contributed by atoms with Gasteiger partial charge in [0.2, 0.25) is 0 Å². The van der Waals surface area contributed by atoms with E-state index in [1.54, 1.807) is 47.8 Å². The molecule has 0 saturated carbocycles. The van der Waals surface area contributed by atoms with Gasteiger partial charge in [-0.3, -0.25) is 4.79 Å². The Bertz CT molecular complexity index is 1380. The minimum atomic E-state index is -4.55. The molecule has 0 aliphatic carbocycles. The predicted octanol–water partition coefficient (Wildman–Crippen LogP) is 6.59. The summed E-state index contributed by atoms with van der Waals surface area (Å²) in [6.07, 6.45) is -4.76. The van der Waals surface area contributed by atoms with Gasteiger partial charge in [0.1, 0.15) is 17.5 Å². The number of fused-ring (bicyclic) bond motifs is 1. The molecular formula is C25H20ClF3N4O2S. The zero-order valence-electron chi connectivity index (χ0n) is 18.5. The lowest BCUT2D eigenvalue weighted by Crippen LogP contribution is -2.36. The van der Waals surface area contributed by atoms with E-state index in [-0.39, 0.29) is 23.5 Å². The van der Waals surface area contributed by atoms with Gasteiger partial charge in [-0.1, -0.05) is 48.0 Å². The number of alkyl halides is 3. The van der Waals surface area contributed by atoms with E-state index in [2.05, 4.69) is 15.7 Å². The minimum Gasteiger partial charge on any atom is -0.384 e. The standard InChI is InChI=1S/C25H20ClF3N4O2S/c26-15-8-9-18(16(11-15)22(34)14-5-2-1-3-6-14)32-24(35)17-13-30-33-21(25(27,28)29)12-19(31-23(17)33)20-7-4-10-36-20/h1-11,13,19,21-22,31,34H,12H2,(H,32,35)/t19-,21+,22-/m1/s1. The number of hydrogen-bond acceptors (Lipinski definition) is 5. The zero-order valence-corrected chi connectivity index (χ0v) is 20.1. The SMILES string of the molecule is O=C(Nc1ccc(Cl)cc1[C@H](O)c1ccccc1)c1cnn2c1N[C@@H](c1cccs1)C[C@H]2C(F)(F)F. The van der Waals surface area contributed by atoms with Crippen LogP contribution in [0, 0.1) is 0 Å². The molecule has 4 aromatic rings. The molecule has 5 rings (SSSR count). The number of carbonyl (C=O) groups excluding carboxylic acids is 1. The fraction of sp³-hybridized carbons (Fsp3) is 0.200. The molecule has 0 bridgehead atoms. The van der Waals surface area contributed by atoms with E-state index >= 15 is 0 Å². The van der Waals surface area contributed by atoms with Gasteiger partial charge in [-0.25, -0.2) is 4.68 Å². The molecule has 186 valence electrons. The molecule has 6 nitrogen and oxygen atoms in total. The number of aromatic nitrogens is 2. The first kappa shape index (κ1) is 24.4. The van der Waals surface area contributed by atoms with Crippen LogP contribution in [-0.2, 0) is 0 Å². The highest BCUT2D eigenvalue weighted by atomic mass is 35.5. The number of thiophene rings is 1. The maximum Gasteiger partial charge on any atom is 0.410 e. The van der Waals surface area contributed by atoms with Gasteiger partial charge in [-0.05, 0) is 35.2 Å². The summed E-state index contributed by atoms with van der Waals surface area (Å²) in [6.45, 7) is 0. The van der Waals surface area contributed by atoms with E-state index in [0.717, 1.165) is 15.8 Å². The summed E-state index contributed by atoms with van der Waals surface area (Å²) < 4.78 is 42.5. The molecule has 1 amide bonds. The van der Waals surface area contributed by atoms with Gasteiger partial charge >= 0.3 is 6.18 Å². The van der Waals surface area contributed by atoms with Crippen molar-refractivity contribution in [2.24, 2.45) is 0 Å². The molecule has 11 heteroatoms. The molecule has 36 heavy (non-hydrogen) atoms. The molecule has 1 aliphatic heterocycles. The number of hydrogen-bond donors (Lipinski definition) is 3. The number of anilines is 2. The molecule has 3 N–H and O–H groups in total. The van der Waals surface area contributed by atoms with E-state index in [1.807, 2.05) is 6.07 Å². The first-order valence-corrected chi connectivity index (χ1v) is 12.3. The summed E-state index contributed by atoms with van der Waals surface area (Å²) in [5.41, 5.74) is 1.17. The molecule has 0 spiro atoms. The second-order valence-electron chi connectivity index (χ2n) is 8.36. The smallest absolute Gasteiger partial charge is 0.384 e. The van der Waals surface area contributed by atoms with Crippen LogP contribution in [0.15, 0.2) is 72.2 Å². The zero-order chi connectivity index (χ0) is 25.4. The first-order valence-electron chi connectivity index (χ1n) is 11.0. The topological polar surface area (TPSA) is 79.2 Å².